The summed E-state index contributed by atoms with van der Waals surface area (Å²) in [6.45, 7) is 1.99. The van der Waals surface area contributed by atoms with Crippen LogP contribution in [0, 0.1) is 0 Å². The summed E-state index contributed by atoms with van der Waals surface area (Å²) >= 11 is 6.95. The van der Waals surface area contributed by atoms with Gasteiger partial charge in [-0.25, -0.2) is 0 Å². The number of benzene rings is 1. The molecule has 4 nitrogen and oxygen atoms in total. The van der Waals surface area contributed by atoms with Crippen LogP contribution in [-0.4, -0.2) is 10.1 Å². The topological polar surface area (TPSA) is 59.2 Å². The Labute approximate surface area is 168 Å². The minimum absolute atomic E-state index is 0.111. The van der Waals surface area contributed by atoms with Crippen LogP contribution in [0.1, 0.15) is 22.9 Å². The molecule has 0 radical (unpaired) electrons. The molecule has 0 unspecified atom stereocenters. The van der Waals surface area contributed by atoms with Crippen LogP contribution in [0.2, 0.25) is 0 Å². The molecule has 0 amide bonds. The molecule has 0 aliphatic rings. The van der Waals surface area contributed by atoms with Crippen molar-refractivity contribution in [3.05, 3.63) is 82.3 Å². The Hall–Kier alpha value is -2.54. The van der Waals surface area contributed by atoms with Crippen molar-refractivity contribution < 1.29 is 14.8 Å². The molecule has 0 saturated heterocycles. The smallest absolute Gasteiger partial charge is 0.239 e. The number of aliphatic hydroxyl groups is 1. The van der Waals surface area contributed by atoms with Gasteiger partial charge in [-0.05, 0) is 47.4 Å². The maximum Gasteiger partial charge on any atom is 0.239 e. The van der Waals surface area contributed by atoms with Crippen LogP contribution >= 0.6 is 23.6 Å². The van der Waals surface area contributed by atoms with Crippen LogP contribution in [0.3, 0.4) is 0 Å². The van der Waals surface area contributed by atoms with Gasteiger partial charge in [0.1, 0.15) is 0 Å². The molecule has 27 heavy (non-hydrogen) atoms. The van der Waals surface area contributed by atoms with E-state index in [9.17, 15) is 10.2 Å². The van der Waals surface area contributed by atoms with E-state index in [0.717, 1.165) is 12.1 Å². The van der Waals surface area contributed by atoms with E-state index >= 15 is 0 Å². The molecular weight excluding hydrogens is 376 g/mol. The van der Waals surface area contributed by atoms with E-state index in [1.165, 1.54) is 16.9 Å². The van der Waals surface area contributed by atoms with Crippen LogP contribution in [0.4, 0.5) is 5.69 Å². The van der Waals surface area contributed by atoms with E-state index in [1.54, 1.807) is 35.2 Å². The first-order chi connectivity index (χ1) is 13.1. The highest BCUT2D eigenvalue weighted by molar-refractivity contribution is 7.81. The van der Waals surface area contributed by atoms with Gasteiger partial charge in [0.05, 0.1) is 6.61 Å². The number of aliphatic hydroxyl groups excluding tert-OH is 1. The van der Waals surface area contributed by atoms with Crippen molar-refractivity contribution in [2.75, 3.05) is 5.32 Å². The summed E-state index contributed by atoms with van der Waals surface area (Å²) in [5, 5.41) is 27.6. The summed E-state index contributed by atoms with van der Waals surface area (Å²) in [5.74, 6) is -0.159. The Morgan fingerprint density at radius 1 is 1.15 bits per heavy atom. The van der Waals surface area contributed by atoms with Crippen LogP contribution in [0.25, 0.3) is 11.5 Å². The van der Waals surface area contributed by atoms with E-state index in [0.29, 0.717) is 21.1 Å². The molecule has 0 aliphatic carbocycles. The van der Waals surface area contributed by atoms with E-state index in [2.05, 4.69) is 12.2 Å². The van der Waals surface area contributed by atoms with Crippen molar-refractivity contribution in [1.82, 2.24) is 0 Å². The monoisotopic (exact) mass is 396 g/mol. The Bertz CT molecular complexity index is 949. The molecule has 0 bridgehead atoms. The molecule has 2 aromatic heterocycles. The quantitative estimate of drug-likeness (QED) is 0.291. The van der Waals surface area contributed by atoms with Gasteiger partial charge in [-0.2, -0.15) is 4.57 Å². The average Bonchev–Trinajstić information content (AvgIpc) is 3.24. The molecule has 3 aromatic rings. The fraction of sp³-hybridized carbons (Fsp3) is 0.143. The van der Waals surface area contributed by atoms with Crippen LogP contribution in [0.15, 0.2) is 66.3 Å². The molecule has 1 aromatic carbocycles. The molecular formula is C21H20N2O2S2. The predicted molar refractivity (Wildman–Crippen MR) is 112 cm³/mol. The SMILES string of the molecule is CCc1ccc(NC(=S)C(=C([O-])c2cccs2)[n+]2cccc(CO)c2)cc1. The lowest BCUT2D eigenvalue weighted by molar-refractivity contribution is -0.578. The van der Waals surface area contributed by atoms with E-state index in [1.807, 2.05) is 35.7 Å². The van der Waals surface area contributed by atoms with Gasteiger partial charge in [-0.3, -0.25) is 0 Å². The van der Waals surface area contributed by atoms with Crippen molar-refractivity contribution in [1.29, 1.82) is 0 Å². The van der Waals surface area contributed by atoms with Gasteiger partial charge in [0.15, 0.2) is 17.4 Å². The van der Waals surface area contributed by atoms with Crippen LogP contribution < -0.4 is 15.0 Å². The molecule has 0 aliphatic heterocycles. The highest BCUT2D eigenvalue weighted by Gasteiger charge is 2.20. The Morgan fingerprint density at radius 3 is 2.56 bits per heavy atom. The number of aryl methyl sites for hydroxylation is 1. The van der Waals surface area contributed by atoms with Gasteiger partial charge in [0.2, 0.25) is 5.70 Å². The van der Waals surface area contributed by atoms with Gasteiger partial charge >= 0.3 is 0 Å². The maximum absolute atomic E-state index is 13.1. The summed E-state index contributed by atoms with van der Waals surface area (Å²) in [5.41, 5.74) is 3.11. The van der Waals surface area contributed by atoms with Gasteiger partial charge < -0.3 is 15.5 Å². The fourth-order valence-electron chi connectivity index (χ4n) is 2.63. The number of nitrogens with one attached hydrogen (secondary N) is 1. The van der Waals surface area contributed by atoms with Crippen molar-refractivity contribution >= 4 is 45.7 Å². The second kappa shape index (κ2) is 8.90. The fourth-order valence-corrected chi connectivity index (χ4v) is 3.61. The van der Waals surface area contributed by atoms with Crippen molar-refractivity contribution in [2.24, 2.45) is 0 Å². The molecule has 0 saturated carbocycles. The zero-order valence-corrected chi connectivity index (χ0v) is 16.5. The third-order valence-corrected chi connectivity index (χ3v) is 5.26. The lowest BCUT2D eigenvalue weighted by Gasteiger charge is -2.16. The Balaban J connectivity index is 2.00. The summed E-state index contributed by atoms with van der Waals surface area (Å²) in [6, 6.07) is 15.2. The largest absolute Gasteiger partial charge is 0.867 e. The molecule has 2 heterocycles. The first kappa shape index (κ1) is 19.2. The number of thiocarbonyl (C=S) groups is 1. The highest BCUT2D eigenvalue weighted by Crippen LogP contribution is 2.21. The highest BCUT2D eigenvalue weighted by atomic mass is 32.1. The summed E-state index contributed by atoms with van der Waals surface area (Å²) in [4.78, 5) is 0.940. The summed E-state index contributed by atoms with van der Waals surface area (Å²) in [6.07, 6.45) is 4.44. The average molecular weight is 397 g/mol. The van der Waals surface area contributed by atoms with Crippen molar-refractivity contribution in [2.45, 2.75) is 20.0 Å². The van der Waals surface area contributed by atoms with Gasteiger partial charge in [-0.1, -0.05) is 37.3 Å². The molecule has 0 atom stereocenters. The lowest BCUT2D eigenvalue weighted by Crippen LogP contribution is -2.40. The molecule has 0 spiro atoms. The minimum atomic E-state index is -0.159. The second-order valence-electron chi connectivity index (χ2n) is 5.94. The number of rotatable bonds is 6. The van der Waals surface area contributed by atoms with Gasteiger partial charge in [-0.15, -0.1) is 11.3 Å². The number of hydrogen-bond acceptors (Lipinski definition) is 4. The second-order valence-corrected chi connectivity index (χ2v) is 7.29. The predicted octanol–water partition coefficient (Wildman–Crippen LogP) is 3.22. The summed E-state index contributed by atoms with van der Waals surface area (Å²) < 4.78 is 1.67. The number of nitrogens with zero attached hydrogens (tertiary/aromatic N) is 1. The molecule has 2 N–H and O–H groups in total. The zero-order valence-electron chi connectivity index (χ0n) is 14.9. The van der Waals surface area contributed by atoms with Crippen LogP contribution in [-0.2, 0) is 13.0 Å². The summed E-state index contributed by atoms with van der Waals surface area (Å²) in [7, 11) is 0. The first-order valence-electron chi connectivity index (χ1n) is 8.59. The number of thiophene rings is 1. The Morgan fingerprint density at radius 2 is 1.93 bits per heavy atom. The number of hydrogen-bond donors (Lipinski definition) is 2. The zero-order chi connectivity index (χ0) is 19.2. The maximum atomic E-state index is 13.1. The van der Waals surface area contributed by atoms with Crippen LogP contribution in [0.5, 0.6) is 0 Å². The van der Waals surface area contributed by atoms with Gasteiger partial charge in [0.25, 0.3) is 0 Å². The van der Waals surface area contributed by atoms with Gasteiger partial charge in [0, 0.05) is 22.2 Å². The normalized spacial score (nSPS) is 11.8. The number of aromatic nitrogens is 1. The first-order valence-corrected chi connectivity index (χ1v) is 9.88. The molecule has 3 rings (SSSR count). The Kier molecular flexibility index (Phi) is 6.34. The molecule has 6 heteroatoms. The number of anilines is 1. The number of pyridine rings is 1. The lowest BCUT2D eigenvalue weighted by atomic mass is 10.1. The minimum Gasteiger partial charge on any atom is -0.867 e. The van der Waals surface area contributed by atoms with E-state index < -0.39 is 0 Å². The van der Waals surface area contributed by atoms with Crippen molar-refractivity contribution in [3.8, 4) is 0 Å². The molecule has 0 fully saturated rings. The van der Waals surface area contributed by atoms with E-state index in [4.69, 9.17) is 12.2 Å². The third-order valence-electron chi connectivity index (χ3n) is 4.10. The van der Waals surface area contributed by atoms with E-state index in [-0.39, 0.29) is 12.4 Å². The van der Waals surface area contributed by atoms with Crippen molar-refractivity contribution in [3.63, 3.8) is 0 Å². The molecule has 138 valence electrons. The standard InChI is InChI=1S/C21H20N2O2S2/c1-2-15-7-9-17(10-8-15)22-21(26)19(20(25)18-6-4-12-27-18)23-11-3-5-16(13-23)14-24/h3-13,24H,2,14H2,1H3,(H-,22,25,26). The third kappa shape index (κ3) is 4.60.